The van der Waals surface area contributed by atoms with Crippen molar-refractivity contribution in [2.24, 2.45) is 11.3 Å². The van der Waals surface area contributed by atoms with Crippen molar-refractivity contribution in [2.45, 2.75) is 77.3 Å². The van der Waals surface area contributed by atoms with Crippen LogP contribution in [0.25, 0.3) is 5.82 Å². The third-order valence-corrected chi connectivity index (χ3v) is 9.13. The molecule has 2 heterocycles. The van der Waals surface area contributed by atoms with E-state index in [4.69, 9.17) is 11.6 Å². The highest BCUT2D eigenvalue weighted by atomic mass is 35.5. The molecule has 8 nitrogen and oxygen atoms in total. The van der Waals surface area contributed by atoms with Gasteiger partial charge in [-0.15, -0.1) is 0 Å². The molecule has 224 valence electrons. The van der Waals surface area contributed by atoms with Gasteiger partial charge in [0.15, 0.2) is 17.3 Å². The fraction of sp³-hybridized carbons (Fsp3) is 0.640. The molecule has 0 saturated heterocycles. The molecule has 1 aliphatic carbocycles. The number of carbonyl (C=O) groups excluding carboxylic acids is 1. The summed E-state index contributed by atoms with van der Waals surface area (Å²) >= 11 is 6.48. The standard InChI is InChI=1S/C25H32ClF5N4O4S/c1-5-18-34-19(22(36)33-12-14-6-8-16(9-7-14)40(4,37)38)20(26)35(18)21-17(39-23(27)28)10-15(13-32-21)11-24(2,3)25(29,30)31/h10,13-14,16,23H,5-9,11-12H2,1-4H3,(H,33,36)/t14-,16+. The summed E-state index contributed by atoms with van der Waals surface area (Å²) in [5.74, 6) is -1.13. The highest BCUT2D eigenvalue weighted by molar-refractivity contribution is 7.91. The van der Waals surface area contributed by atoms with Gasteiger partial charge in [-0.1, -0.05) is 32.4 Å². The minimum absolute atomic E-state index is 0.0135. The van der Waals surface area contributed by atoms with E-state index in [0.717, 1.165) is 30.7 Å². The van der Waals surface area contributed by atoms with Crippen molar-refractivity contribution >= 4 is 27.3 Å². The molecular weight excluding hydrogens is 583 g/mol. The quantitative estimate of drug-likeness (QED) is 0.352. The Labute approximate surface area is 234 Å². The molecule has 40 heavy (non-hydrogen) atoms. The molecule has 1 fully saturated rings. The van der Waals surface area contributed by atoms with Crippen LogP contribution in [0.3, 0.4) is 0 Å². The first-order valence-electron chi connectivity index (χ1n) is 12.7. The molecule has 0 radical (unpaired) electrons. The van der Waals surface area contributed by atoms with Gasteiger partial charge in [0, 0.05) is 25.4 Å². The van der Waals surface area contributed by atoms with E-state index in [2.05, 4.69) is 20.0 Å². The Kier molecular flexibility index (Phi) is 9.75. The number of imidazole rings is 1. The average molecular weight is 615 g/mol. The van der Waals surface area contributed by atoms with Crippen molar-refractivity contribution in [1.29, 1.82) is 0 Å². The molecule has 1 N–H and O–H groups in total. The fourth-order valence-electron chi connectivity index (χ4n) is 4.66. The molecule has 2 aromatic heterocycles. The van der Waals surface area contributed by atoms with Crippen LogP contribution < -0.4 is 10.1 Å². The Morgan fingerprint density at radius 3 is 2.38 bits per heavy atom. The highest BCUT2D eigenvalue weighted by Crippen LogP contribution is 2.41. The Morgan fingerprint density at radius 2 is 1.85 bits per heavy atom. The molecule has 1 aliphatic rings. The number of aryl methyl sites for hydroxylation is 1. The number of halogens is 6. The summed E-state index contributed by atoms with van der Waals surface area (Å²) in [6.07, 6.45) is -0.300. The van der Waals surface area contributed by atoms with Crippen LogP contribution in [0.1, 0.15) is 68.3 Å². The largest absolute Gasteiger partial charge is 0.431 e. The summed E-state index contributed by atoms with van der Waals surface area (Å²) in [5.41, 5.74) is -2.33. The summed E-state index contributed by atoms with van der Waals surface area (Å²) < 4.78 is 96.0. The Bertz CT molecular complexity index is 1320. The lowest BCUT2D eigenvalue weighted by atomic mass is 9.85. The first-order valence-corrected chi connectivity index (χ1v) is 15.0. The molecule has 1 amide bonds. The van der Waals surface area contributed by atoms with Gasteiger partial charge in [-0.25, -0.2) is 18.4 Å². The van der Waals surface area contributed by atoms with Crippen LogP contribution in [-0.2, 0) is 22.7 Å². The SMILES string of the molecule is CCc1nc(C(=O)NC[C@H]2CC[C@@H](S(C)(=O)=O)CC2)c(Cl)n1-c1ncc(CC(C)(C)C(F)(F)F)cc1OC(F)F. The molecule has 1 saturated carbocycles. The van der Waals surface area contributed by atoms with E-state index in [1.807, 2.05) is 0 Å². The monoisotopic (exact) mass is 614 g/mol. The minimum Gasteiger partial charge on any atom is -0.431 e. The first kappa shape index (κ1) is 32.0. The number of sulfone groups is 1. The molecule has 15 heteroatoms. The summed E-state index contributed by atoms with van der Waals surface area (Å²) in [7, 11) is -3.12. The molecular formula is C25H32ClF5N4O4S. The van der Waals surface area contributed by atoms with Crippen molar-refractivity contribution in [3.63, 3.8) is 0 Å². The fourth-order valence-corrected chi connectivity index (χ4v) is 6.10. The predicted octanol–water partition coefficient (Wildman–Crippen LogP) is 5.55. The van der Waals surface area contributed by atoms with Crippen molar-refractivity contribution in [3.8, 4) is 11.6 Å². The zero-order valence-corrected chi connectivity index (χ0v) is 24.1. The Hall–Kier alpha value is -2.48. The predicted molar refractivity (Wildman–Crippen MR) is 139 cm³/mol. The molecule has 0 aromatic carbocycles. The van der Waals surface area contributed by atoms with E-state index >= 15 is 0 Å². The molecule has 0 atom stereocenters. The molecule has 0 bridgehead atoms. The number of carbonyl (C=O) groups is 1. The van der Waals surface area contributed by atoms with Crippen LogP contribution in [0.5, 0.6) is 5.75 Å². The highest BCUT2D eigenvalue weighted by Gasteiger charge is 2.47. The number of rotatable bonds is 10. The Balaban J connectivity index is 1.86. The zero-order valence-electron chi connectivity index (χ0n) is 22.5. The lowest BCUT2D eigenvalue weighted by Crippen LogP contribution is -2.34. The van der Waals surface area contributed by atoms with Gasteiger partial charge >= 0.3 is 12.8 Å². The maximum Gasteiger partial charge on any atom is 0.394 e. The number of nitrogens with one attached hydrogen (secondary N) is 1. The molecule has 0 unspecified atom stereocenters. The van der Waals surface area contributed by atoms with Crippen molar-refractivity contribution in [1.82, 2.24) is 19.9 Å². The van der Waals surface area contributed by atoms with E-state index in [9.17, 15) is 35.2 Å². The van der Waals surface area contributed by atoms with Crippen LogP contribution >= 0.6 is 11.6 Å². The van der Waals surface area contributed by atoms with Crippen LogP contribution in [0.4, 0.5) is 22.0 Å². The second-order valence-electron chi connectivity index (χ2n) is 10.6. The third kappa shape index (κ3) is 7.42. The lowest BCUT2D eigenvalue weighted by Gasteiger charge is -2.28. The van der Waals surface area contributed by atoms with E-state index in [1.165, 1.54) is 6.26 Å². The molecule has 2 aromatic rings. The van der Waals surface area contributed by atoms with Crippen molar-refractivity contribution in [2.75, 3.05) is 12.8 Å². The third-order valence-electron chi connectivity index (χ3n) is 7.10. The number of ether oxygens (including phenoxy) is 1. The summed E-state index contributed by atoms with van der Waals surface area (Å²) in [6.45, 7) is 0.614. The number of pyridine rings is 1. The van der Waals surface area contributed by atoms with E-state index in [1.54, 1.807) is 6.92 Å². The first-order chi connectivity index (χ1) is 18.4. The second-order valence-corrected chi connectivity index (χ2v) is 13.3. The molecule has 0 aliphatic heterocycles. The van der Waals surface area contributed by atoms with Gasteiger partial charge in [0.1, 0.15) is 20.8 Å². The average Bonchev–Trinajstić information content (AvgIpc) is 3.17. The maximum absolute atomic E-state index is 13.4. The summed E-state index contributed by atoms with van der Waals surface area (Å²) in [5, 5.41) is 2.13. The maximum atomic E-state index is 13.4. The number of alkyl halides is 5. The van der Waals surface area contributed by atoms with Crippen LogP contribution in [-0.4, -0.2) is 59.7 Å². The van der Waals surface area contributed by atoms with Gasteiger partial charge in [-0.3, -0.25) is 9.36 Å². The topological polar surface area (TPSA) is 103 Å². The molecule has 0 spiro atoms. The lowest BCUT2D eigenvalue weighted by molar-refractivity contribution is -0.211. The van der Waals surface area contributed by atoms with E-state index in [0.29, 0.717) is 25.7 Å². The van der Waals surface area contributed by atoms with Gasteiger partial charge < -0.3 is 10.1 Å². The normalized spacial score (nSPS) is 18.7. The smallest absolute Gasteiger partial charge is 0.394 e. The van der Waals surface area contributed by atoms with Gasteiger partial charge in [-0.05, 0) is 49.7 Å². The zero-order chi connectivity index (χ0) is 30.0. The molecule has 3 rings (SSSR count). The number of nitrogens with zero attached hydrogens (tertiary/aromatic N) is 3. The number of aromatic nitrogens is 3. The van der Waals surface area contributed by atoms with Crippen molar-refractivity contribution < 1.29 is 39.9 Å². The van der Waals surface area contributed by atoms with Gasteiger partial charge in [-0.2, -0.15) is 22.0 Å². The summed E-state index contributed by atoms with van der Waals surface area (Å²) in [4.78, 5) is 21.3. The van der Waals surface area contributed by atoms with Gasteiger partial charge in [0.25, 0.3) is 5.91 Å². The number of hydrogen-bond acceptors (Lipinski definition) is 6. The Morgan fingerprint density at radius 1 is 1.23 bits per heavy atom. The van der Waals surface area contributed by atoms with E-state index in [-0.39, 0.29) is 52.2 Å². The number of amides is 1. The van der Waals surface area contributed by atoms with Crippen LogP contribution in [0.2, 0.25) is 5.15 Å². The second kappa shape index (κ2) is 12.2. The van der Waals surface area contributed by atoms with E-state index < -0.39 is 46.1 Å². The summed E-state index contributed by atoms with van der Waals surface area (Å²) in [6, 6.07) is 1.05. The number of hydrogen-bond donors (Lipinski definition) is 1. The minimum atomic E-state index is -4.55. The van der Waals surface area contributed by atoms with Crippen LogP contribution in [0, 0.1) is 11.3 Å². The van der Waals surface area contributed by atoms with Gasteiger partial charge in [0.2, 0.25) is 0 Å². The van der Waals surface area contributed by atoms with Crippen LogP contribution in [0.15, 0.2) is 12.3 Å². The van der Waals surface area contributed by atoms with Gasteiger partial charge in [0.05, 0.1) is 10.7 Å². The van der Waals surface area contributed by atoms with Crippen molar-refractivity contribution in [3.05, 3.63) is 34.5 Å².